The van der Waals surface area contributed by atoms with Crippen molar-refractivity contribution in [2.75, 3.05) is 25.6 Å². The Bertz CT molecular complexity index is 1180. The third kappa shape index (κ3) is 5.63. The zero-order valence-corrected chi connectivity index (χ0v) is 19.3. The second-order valence-electron chi connectivity index (χ2n) is 7.08. The summed E-state index contributed by atoms with van der Waals surface area (Å²) < 4.78 is 37.9. The van der Waals surface area contributed by atoms with Crippen LogP contribution in [0.1, 0.15) is 18.1 Å². The summed E-state index contributed by atoms with van der Waals surface area (Å²) in [6.45, 7) is 5.34. The van der Waals surface area contributed by atoms with E-state index in [-0.39, 0.29) is 10.6 Å². The molecule has 3 rings (SSSR count). The molecule has 1 saturated heterocycles. The van der Waals surface area contributed by atoms with E-state index in [0.29, 0.717) is 47.9 Å². The van der Waals surface area contributed by atoms with Gasteiger partial charge in [0, 0.05) is 11.6 Å². The summed E-state index contributed by atoms with van der Waals surface area (Å²) in [7, 11) is 1.53. The van der Waals surface area contributed by atoms with Crippen LogP contribution in [0.4, 0.5) is 19.3 Å². The maximum Gasteiger partial charge on any atom is 0.294 e. The molecular weight excluding hydrogens is 466 g/mol. The predicted molar refractivity (Wildman–Crippen MR) is 126 cm³/mol. The van der Waals surface area contributed by atoms with Crippen molar-refractivity contribution in [1.82, 2.24) is 4.90 Å². The van der Waals surface area contributed by atoms with Crippen LogP contribution in [0.15, 0.2) is 47.9 Å². The van der Waals surface area contributed by atoms with E-state index >= 15 is 0 Å². The van der Waals surface area contributed by atoms with E-state index in [1.165, 1.54) is 13.2 Å². The fourth-order valence-electron chi connectivity index (χ4n) is 3.28. The standard InChI is InChI=1S/C24H22F2N2O5S/c1-4-6-15-9-14(10-19(33-5-2)22(15)32-3)11-20-23(30)28(24(31)34-20)13-21(29)27-18-8-7-16(25)12-17(18)26/h4,7-12H,1,5-6,13H2,2-3H3,(H,27,29)/b20-11+. The van der Waals surface area contributed by atoms with Gasteiger partial charge in [-0.15, -0.1) is 6.58 Å². The van der Waals surface area contributed by atoms with E-state index in [0.717, 1.165) is 22.6 Å². The number of amides is 3. The maximum atomic E-state index is 13.8. The minimum Gasteiger partial charge on any atom is -0.493 e. The number of allylic oxidation sites excluding steroid dienone is 1. The highest BCUT2D eigenvalue weighted by atomic mass is 32.2. The van der Waals surface area contributed by atoms with Gasteiger partial charge in [0.25, 0.3) is 11.1 Å². The third-order valence-electron chi connectivity index (χ3n) is 4.70. The van der Waals surface area contributed by atoms with Gasteiger partial charge in [0.2, 0.25) is 5.91 Å². The molecule has 0 aliphatic carbocycles. The van der Waals surface area contributed by atoms with Crippen LogP contribution < -0.4 is 14.8 Å². The highest BCUT2D eigenvalue weighted by Gasteiger charge is 2.36. The molecule has 2 aromatic carbocycles. The van der Waals surface area contributed by atoms with Gasteiger partial charge in [-0.05, 0) is 61.0 Å². The number of hydrogen-bond donors (Lipinski definition) is 1. The molecule has 0 saturated carbocycles. The Balaban J connectivity index is 1.81. The van der Waals surface area contributed by atoms with Gasteiger partial charge in [-0.25, -0.2) is 8.78 Å². The van der Waals surface area contributed by atoms with Crippen molar-refractivity contribution in [3.63, 3.8) is 0 Å². The second-order valence-corrected chi connectivity index (χ2v) is 8.07. The van der Waals surface area contributed by atoms with Gasteiger partial charge >= 0.3 is 0 Å². The number of carbonyl (C=O) groups excluding carboxylic acids is 3. The minimum absolute atomic E-state index is 0.114. The van der Waals surface area contributed by atoms with Gasteiger partial charge in [-0.3, -0.25) is 19.3 Å². The zero-order valence-electron chi connectivity index (χ0n) is 18.5. The molecule has 0 radical (unpaired) electrons. The molecule has 2 aromatic rings. The molecule has 1 heterocycles. The highest BCUT2D eigenvalue weighted by molar-refractivity contribution is 8.18. The molecule has 1 aliphatic rings. The fourth-order valence-corrected chi connectivity index (χ4v) is 4.12. The molecule has 1 fully saturated rings. The predicted octanol–water partition coefficient (Wildman–Crippen LogP) is 4.78. The number of hydrogen-bond acceptors (Lipinski definition) is 6. The summed E-state index contributed by atoms with van der Waals surface area (Å²) in [6.07, 6.45) is 3.72. The molecule has 0 bridgehead atoms. The number of ether oxygens (including phenoxy) is 2. The van der Waals surface area contributed by atoms with Crippen LogP contribution in [-0.4, -0.2) is 42.2 Å². The second kappa shape index (κ2) is 11.0. The Hall–Kier alpha value is -3.66. The van der Waals surface area contributed by atoms with Gasteiger partial charge in [0.15, 0.2) is 11.5 Å². The number of anilines is 1. The van der Waals surface area contributed by atoms with Gasteiger partial charge < -0.3 is 14.8 Å². The van der Waals surface area contributed by atoms with Gasteiger partial charge in [-0.2, -0.15) is 0 Å². The molecule has 3 amide bonds. The lowest BCUT2D eigenvalue weighted by Gasteiger charge is -2.14. The molecule has 1 aliphatic heterocycles. The molecule has 0 unspecified atom stereocenters. The summed E-state index contributed by atoms with van der Waals surface area (Å²) >= 11 is 0.681. The first-order chi connectivity index (χ1) is 16.3. The summed E-state index contributed by atoms with van der Waals surface area (Å²) in [4.78, 5) is 38.3. The molecule has 10 heteroatoms. The van der Waals surface area contributed by atoms with E-state index in [1.54, 1.807) is 18.2 Å². The van der Waals surface area contributed by atoms with Gasteiger partial charge in [0.1, 0.15) is 18.2 Å². The van der Waals surface area contributed by atoms with Crippen molar-refractivity contribution in [1.29, 1.82) is 0 Å². The van der Waals surface area contributed by atoms with Crippen molar-refractivity contribution >= 4 is 40.6 Å². The Morgan fingerprint density at radius 1 is 1.24 bits per heavy atom. The summed E-state index contributed by atoms with van der Waals surface area (Å²) in [5.41, 5.74) is 1.13. The SMILES string of the molecule is C=CCc1cc(/C=C2/SC(=O)N(CC(=O)Nc3ccc(F)cc3F)C2=O)cc(OCC)c1OC. The van der Waals surface area contributed by atoms with Crippen molar-refractivity contribution < 1.29 is 32.6 Å². The first-order valence-electron chi connectivity index (χ1n) is 10.2. The Kier molecular flexibility index (Phi) is 8.06. The molecule has 0 spiro atoms. The zero-order chi connectivity index (χ0) is 24.8. The number of methoxy groups -OCH3 is 1. The average Bonchev–Trinajstić information content (AvgIpc) is 3.03. The van der Waals surface area contributed by atoms with Crippen LogP contribution in [0.2, 0.25) is 0 Å². The third-order valence-corrected chi connectivity index (χ3v) is 5.61. The molecule has 0 aromatic heterocycles. The number of nitrogens with one attached hydrogen (secondary N) is 1. The van der Waals surface area contributed by atoms with Crippen molar-refractivity contribution in [3.8, 4) is 11.5 Å². The Labute approximate surface area is 199 Å². The van der Waals surface area contributed by atoms with Crippen LogP contribution in [0, 0.1) is 11.6 Å². The van der Waals surface area contributed by atoms with Gasteiger partial charge in [0.05, 0.1) is 24.3 Å². The monoisotopic (exact) mass is 488 g/mol. The minimum atomic E-state index is -0.970. The molecule has 7 nitrogen and oxygen atoms in total. The Morgan fingerprint density at radius 2 is 2.00 bits per heavy atom. The average molecular weight is 489 g/mol. The number of rotatable bonds is 9. The quantitative estimate of drug-likeness (QED) is 0.404. The number of imide groups is 1. The van der Waals surface area contributed by atoms with Crippen LogP contribution >= 0.6 is 11.8 Å². The van der Waals surface area contributed by atoms with Crippen LogP contribution in [-0.2, 0) is 16.0 Å². The molecule has 1 N–H and O–H groups in total. The van der Waals surface area contributed by atoms with Crippen molar-refractivity contribution in [2.24, 2.45) is 0 Å². The number of nitrogens with zero attached hydrogens (tertiary/aromatic N) is 1. The topological polar surface area (TPSA) is 84.9 Å². The summed E-state index contributed by atoms with van der Waals surface area (Å²) in [5, 5.41) is 1.59. The van der Waals surface area contributed by atoms with E-state index < -0.39 is 35.2 Å². The molecule has 34 heavy (non-hydrogen) atoms. The number of carbonyl (C=O) groups is 3. The lowest BCUT2D eigenvalue weighted by Crippen LogP contribution is -2.36. The van der Waals surface area contributed by atoms with Crippen molar-refractivity contribution in [2.45, 2.75) is 13.3 Å². The van der Waals surface area contributed by atoms with Crippen LogP contribution in [0.25, 0.3) is 6.08 Å². The summed E-state index contributed by atoms with van der Waals surface area (Å²) in [6, 6.07) is 6.13. The summed E-state index contributed by atoms with van der Waals surface area (Å²) in [5.74, 6) is -2.20. The lowest BCUT2D eigenvalue weighted by molar-refractivity contribution is -0.127. The maximum absolute atomic E-state index is 13.8. The van der Waals surface area contributed by atoms with E-state index in [4.69, 9.17) is 9.47 Å². The Morgan fingerprint density at radius 3 is 2.65 bits per heavy atom. The number of halogens is 2. The molecular formula is C24H22F2N2O5S. The van der Waals surface area contributed by atoms with Crippen LogP contribution in [0.3, 0.4) is 0 Å². The van der Waals surface area contributed by atoms with E-state index in [2.05, 4.69) is 11.9 Å². The smallest absolute Gasteiger partial charge is 0.294 e. The number of benzene rings is 2. The molecule has 0 atom stereocenters. The molecule has 178 valence electrons. The highest BCUT2D eigenvalue weighted by Crippen LogP contribution is 2.37. The van der Waals surface area contributed by atoms with E-state index in [9.17, 15) is 23.2 Å². The van der Waals surface area contributed by atoms with Crippen molar-refractivity contribution in [3.05, 3.63) is 70.7 Å². The fraction of sp³-hybridized carbons (Fsp3) is 0.208. The van der Waals surface area contributed by atoms with Crippen LogP contribution in [0.5, 0.6) is 11.5 Å². The normalized spacial score (nSPS) is 14.5. The first-order valence-corrected chi connectivity index (χ1v) is 11.0. The van der Waals surface area contributed by atoms with E-state index in [1.807, 2.05) is 6.92 Å². The largest absolute Gasteiger partial charge is 0.493 e. The van der Waals surface area contributed by atoms with Gasteiger partial charge in [-0.1, -0.05) is 6.08 Å². The number of thioether (sulfide) groups is 1. The lowest BCUT2D eigenvalue weighted by atomic mass is 10.0. The first kappa shape index (κ1) is 25.0.